The van der Waals surface area contributed by atoms with E-state index in [-0.39, 0.29) is 11.2 Å². The topological polar surface area (TPSA) is 26.3 Å². The quantitative estimate of drug-likeness (QED) is 0.441. The average Bonchev–Trinajstić information content (AvgIpc) is 2.35. The van der Waals surface area contributed by atoms with Crippen molar-refractivity contribution in [2.75, 3.05) is 12.9 Å². The molecule has 0 aliphatic heterocycles. The minimum Gasteiger partial charge on any atom is -0.468 e. The summed E-state index contributed by atoms with van der Waals surface area (Å²) in [5.41, 5.74) is 0. The first-order valence-corrected chi connectivity index (χ1v) is 7.54. The van der Waals surface area contributed by atoms with Crippen LogP contribution in [0.5, 0.6) is 0 Å². The van der Waals surface area contributed by atoms with E-state index >= 15 is 0 Å². The molecule has 2 unspecified atom stereocenters. The number of carbonyl (C=O) groups excluding carboxylic acids is 1. The zero-order valence-electron chi connectivity index (χ0n) is 11.2. The van der Waals surface area contributed by atoms with Crippen molar-refractivity contribution in [3.05, 3.63) is 0 Å². The molecule has 0 rings (SSSR count). The minimum absolute atomic E-state index is 0.0441. The Morgan fingerprint density at radius 3 is 2.53 bits per heavy atom. The molecule has 0 aliphatic rings. The highest BCUT2D eigenvalue weighted by atomic mass is 32.2. The molecule has 0 aliphatic carbocycles. The van der Waals surface area contributed by atoms with Gasteiger partial charge in [0.25, 0.3) is 0 Å². The lowest BCUT2D eigenvalue weighted by Crippen LogP contribution is -2.19. The molecule has 0 fully saturated rings. The first-order chi connectivity index (χ1) is 8.15. The molecule has 0 aromatic carbocycles. The van der Waals surface area contributed by atoms with Crippen molar-refractivity contribution in [2.24, 2.45) is 0 Å². The van der Waals surface area contributed by atoms with Crippen molar-refractivity contribution >= 4 is 17.7 Å². The highest BCUT2D eigenvalue weighted by Crippen LogP contribution is 2.20. The van der Waals surface area contributed by atoms with Crippen LogP contribution in [0.1, 0.15) is 52.4 Å². The Labute approximate surface area is 109 Å². The van der Waals surface area contributed by atoms with Crippen LogP contribution in [-0.2, 0) is 9.53 Å². The lowest BCUT2D eigenvalue weighted by Gasteiger charge is -2.13. The van der Waals surface area contributed by atoms with Gasteiger partial charge in [0.15, 0.2) is 0 Å². The van der Waals surface area contributed by atoms with E-state index in [4.69, 9.17) is 4.74 Å². The Bertz CT molecular complexity index is 200. The zero-order chi connectivity index (χ0) is 13.1. The molecule has 0 radical (unpaired) electrons. The van der Waals surface area contributed by atoms with Crippen LogP contribution in [0.2, 0.25) is 0 Å². The van der Waals surface area contributed by atoms with Crippen LogP contribution < -0.4 is 0 Å². The summed E-state index contributed by atoms with van der Waals surface area (Å²) < 4.78 is 17.7. The van der Waals surface area contributed by atoms with Gasteiger partial charge in [-0.15, -0.1) is 11.8 Å². The number of rotatable bonds is 10. The van der Waals surface area contributed by atoms with Crippen molar-refractivity contribution in [2.45, 2.75) is 63.8 Å². The minimum atomic E-state index is -0.660. The average molecular weight is 264 g/mol. The molecule has 0 aromatic heterocycles. The van der Waals surface area contributed by atoms with Crippen LogP contribution in [0.25, 0.3) is 0 Å². The van der Waals surface area contributed by atoms with E-state index in [0.717, 1.165) is 31.4 Å². The summed E-state index contributed by atoms with van der Waals surface area (Å²) in [6, 6.07) is 0. The smallest absolute Gasteiger partial charge is 0.318 e. The second-order valence-electron chi connectivity index (χ2n) is 4.17. The highest BCUT2D eigenvalue weighted by Gasteiger charge is 2.17. The van der Waals surface area contributed by atoms with Crippen molar-refractivity contribution < 1.29 is 13.9 Å². The van der Waals surface area contributed by atoms with E-state index in [1.165, 1.54) is 7.11 Å². The fourth-order valence-electron chi connectivity index (χ4n) is 1.56. The molecule has 102 valence electrons. The summed E-state index contributed by atoms with van der Waals surface area (Å²) in [4.78, 5) is 11.4. The summed E-state index contributed by atoms with van der Waals surface area (Å²) >= 11 is 1.64. The summed E-state index contributed by atoms with van der Waals surface area (Å²) in [7, 11) is 1.43. The molecule has 0 saturated carbocycles. The first kappa shape index (κ1) is 16.8. The molecule has 0 spiro atoms. The van der Waals surface area contributed by atoms with E-state index in [9.17, 15) is 9.18 Å². The van der Waals surface area contributed by atoms with Crippen molar-refractivity contribution in [3.8, 4) is 0 Å². The zero-order valence-corrected chi connectivity index (χ0v) is 12.0. The van der Waals surface area contributed by atoms with Crippen LogP contribution in [0.15, 0.2) is 0 Å². The Balaban J connectivity index is 3.64. The Morgan fingerprint density at radius 1 is 1.29 bits per heavy atom. The summed E-state index contributed by atoms with van der Waals surface area (Å²) in [5.74, 6) is 0.782. The predicted molar refractivity (Wildman–Crippen MR) is 72.2 cm³/mol. The van der Waals surface area contributed by atoms with Gasteiger partial charge in [0.2, 0.25) is 0 Å². The van der Waals surface area contributed by atoms with Crippen molar-refractivity contribution in [1.29, 1.82) is 0 Å². The molecular weight excluding hydrogens is 239 g/mol. The van der Waals surface area contributed by atoms with Gasteiger partial charge >= 0.3 is 5.97 Å². The molecular formula is C13H25FO2S. The number of halogens is 1. The summed E-state index contributed by atoms with van der Waals surface area (Å²) in [6.45, 7) is 3.93. The van der Waals surface area contributed by atoms with Gasteiger partial charge in [-0.25, -0.2) is 4.39 Å². The van der Waals surface area contributed by atoms with Gasteiger partial charge in [-0.2, -0.15) is 0 Å². The first-order valence-electron chi connectivity index (χ1n) is 6.49. The fraction of sp³-hybridized carbons (Fsp3) is 0.923. The third kappa shape index (κ3) is 8.47. The van der Waals surface area contributed by atoms with Gasteiger partial charge in [0, 0.05) is 0 Å². The molecule has 0 aromatic rings. The van der Waals surface area contributed by atoms with E-state index in [1.54, 1.807) is 11.8 Å². The number of alkyl halides is 1. The molecule has 0 bridgehead atoms. The Kier molecular flexibility index (Phi) is 10.7. The fourth-order valence-corrected chi connectivity index (χ4v) is 2.85. The van der Waals surface area contributed by atoms with Crippen LogP contribution >= 0.6 is 11.8 Å². The second-order valence-corrected chi connectivity index (χ2v) is 5.48. The predicted octanol–water partition coefficient (Wildman–Crippen LogP) is 3.98. The largest absolute Gasteiger partial charge is 0.468 e. The van der Waals surface area contributed by atoms with Crippen LogP contribution in [0.4, 0.5) is 4.39 Å². The molecule has 0 heterocycles. The maximum Gasteiger partial charge on any atom is 0.318 e. The van der Waals surface area contributed by atoms with E-state index in [0.29, 0.717) is 12.8 Å². The van der Waals surface area contributed by atoms with Gasteiger partial charge in [0.1, 0.15) is 5.25 Å². The number of hydrogen-bond donors (Lipinski definition) is 0. The maximum absolute atomic E-state index is 12.9. The lowest BCUT2D eigenvalue weighted by atomic mass is 10.1. The number of hydrogen-bond acceptors (Lipinski definition) is 3. The second kappa shape index (κ2) is 10.9. The number of ether oxygens (including phenoxy) is 1. The number of carbonyl (C=O) groups is 1. The van der Waals surface area contributed by atoms with Crippen molar-refractivity contribution in [3.63, 3.8) is 0 Å². The van der Waals surface area contributed by atoms with E-state index in [2.05, 4.69) is 6.92 Å². The molecule has 2 nitrogen and oxygen atoms in total. The van der Waals surface area contributed by atoms with Gasteiger partial charge in [-0.1, -0.05) is 20.3 Å². The number of methoxy groups -OCH3 is 1. The van der Waals surface area contributed by atoms with Crippen LogP contribution in [0.3, 0.4) is 0 Å². The highest BCUT2D eigenvalue weighted by molar-refractivity contribution is 8.00. The SMILES string of the molecule is CCCC(SCCCCC(F)CC)C(=O)OC. The number of esters is 1. The number of unbranched alkanes of at least 4 members (excludes halogenated alkanes) is 1. The molecule has 0 saturated heterocycles. The van der Waals surface area contributed by atoms with E-state index < -0.39 is 6.17 Å². The van der Waals surface area contributed by atoms with E-state index in [1.807, 2.05) is 6.92 Å². The van der Waals surface area contributed by atoms with Crippen LogP contribution in [-0.4, -0.2) is 30.3 Å². The number of thioether (sulfide) groups is 1. The molecule has 0 N–H and O–H groups in total. The summed E-state index contributed by atoms with van der Waals surface area (Å²) in [6.07, 6.45) is 4.31. The monoisotopic (exact) mass is 264 g/mol. The Hall–Kier alpha value is -0.250. The third-order valence-electron chi connectivity index (χ3n) is 2.69. The Morgan fingerprint density at radius 2 is 2.00 bits per heavy atom. The van der Waals surface area contributed by atoms with Gasteiger partial charge < -0.3 is 4.74 Å². The van der Waals surface area contributed by atoms with Gasteiger partial charge in [0.05, 0.1) is 13.3 Å². The molecule has 4 heteroatoms. The maximum atomic E-state index is 12.9. The standard InChI is InChI=1S/C13H25FO2S/c1-4-8-12(13(15)16-3)17-10-7-6-9-11(14)5-2/h11-12H,4-10H2,1-3H3. The molecule has 0 amide bonds. The van der Waals surface area contributed by atoms with Crippen molar-refractivity contribution in [1.82, 2.24) is 0 Å². The normalized spacial score (nSPS) is 14.4. The van der Waals surface area contributed by atoms with Crippen LogP contribution in [0, 0.1) is 0 Å². The van der Waals surface area contributed by atoms with Gasteiger partial charge in [-0.05, 0) is 37.9 Å². The third-order valence-corrected chi connectivity index (χ3v) is 4.04. The lowest BCUT2D eigenvalue weighted by molar-refractivity contribution is -0.140. The molecule has 2 atom stereocenters. The summed E-state index contributed by atoms with van der Waals surface area (Å²) in [5, 5.41) is -0.0441. The van der Waals surface area contributed by atoms with Gasteiger partial charge in [-0.3, -0.25) is 4.79 Å². The molecule has 17 heavy (non-hydrogen) atoms.